The molecule has 194 valence electrons. The Morgan fingerprint density at radius 2 is 1.03 bits per heavy atom. The number of carbonyl (C=O) groups is 3. The van der Waals surface area contributed by atoms with Crippen molar-refractivity contribution >= 4 is 17.8 Å². The van der Waals surface area contributed by atoms with Crippen LogP contribution in [0.15, 0.2) is 91.0 Å². The summed E-state index contributed by atoms with van der Waals surface area (Å²) in [6, 6.07) is 25.9. The number of hydrogen-bond donors (Lipinski definition) is 2. The second-order valence-electron chi connectivity index (χ2n) is 9.18. The predicted molar refractivity (Wildman–Crippen MR) is 144 cm³/mol. The molecule has 0 aliphatic carbocycles. The van der Waals surface area contributed by atoms with Gasteiger partial charge in [0.1, 0.15) is 12.1 Å². The SMILES string of the molecule is CN[C@@H](Cc1ccccc1)C(=O)N(C)[C@@H](Cc1ccccc1)C(=O)N(C)[C@@H](Cc1ccccc1)C(=O)O. The number of amides is 2. The molecule has 0 saturated carbocycles. The zero-order valence-corrected chi connectivity index (χ0v) is 21.6. The molecule has 3 aromatic carbocycles. The molecule has 37 heavy (non-hydrogen) atoms. The molecule has 0 unspecified atom stereocenters. The zero-order valence-electron chi connectivity index (χ0n) is 21.6. The van der Waals surface area contributed by atoms with Crippen molar-refractivity contribution in [1.29, 1.82) is 0 Å². The van der Waals surface area contributed by atoms with E-state index in [1.54, 1.807) is 14.1 Å². The molecule has 0 spiro atoms. The fourth-order valence-electron chi connectivity index (χ4n) is 4.41. The molecule has 2 N–H and O–H groups in total. The minimum Gasteiger partial charge on any atom is -0.480 e. The molecule has 2 amide bonds. The lowest BCUT2D eigenvalue weighted by Crippen LogP contribution is -2.57. The molecule has 3 atom stereocenters. The number of nitrogens with one attached hydrogen (secondary N) is 1. The normalized spacial score (nSPS) is 13.3. The van der Waals surface area contributed by atoms with Crippen LogP contribution in [0, 0.1) is 0 Å². The highest BCUT2D eigenvalue weighted by molar-refractivity contribution is 5.92. The van der Waals surface area contributed by atoms with Crippen molar-refractivity contribution in [2.24, 2.45) is 0 Å². The van der Waals surface area contributed by atoms with Crippen molar-refractivity contribution in [1.82, 2.24) is 15.1 Å². The van der Waals surface area contributed by atoms with E-state index < -0.39 is 30.0 Å². The number of carbonyl (C=O) groups excluding carboxylic acids is 2. The molecule has 0 bridgehead atoms. The molecule has 7 heteroatoms. The van der Waals surface area contributed by atoms with Crippen LogP contribution < -0.4 is 5.32 Å². The van der Waals surface area contributed by atoms with E-state index in [9.17, 15) is 19.5 Å². The molecule has 0 aliphatic rings. The third kappa shape index (κ3) is 7.51. The monoisotopic (exact) mass is 501 g/mol. The first-order valence-corrected chi connectivity index (χ1v) is 12.4. The van der Waals surface area contributed by atoms with Gasteiger partial charge >= 0.3 is 5.97 Å². The summed E-state index contributed by atoms with van der Waals surface area (Å²) in [5.41, 5.74) is 2.70. The van der Waals surface area contributed by atoms with Gasteiger partial charge < -0.3 is 20.2 Å². The Bertz CT molecular complexity index is 1160. The predicted octanol–water partition coefficient (Wildman–Crippen LogP) is 3.04. The van der Waals surface area contributed by atoms with Crippen molar-refractivity contribution in [2.75, 3.05) is 21.1 Å². The number of carboxylic acids is 1. The topological polar surface area (TPSA) is 90.0 Å². The van der Waals surface area contributed by atoms with Crippen LogP contribution in [0.1, 0.15) is 16.7 Å². The van der Waals surface area contributed by atoms with E-state index in [1.807, 2.05) is 91.0 Å². The van der Waals surface area contributed by atoms with Crippen LogP contribution in [-0.4, -0.2) is 72.0 Å². The van der Waals surface area contributed by atoms with Crippen molar-refractivity contribution in [3.05, 3.63) is 108 Å². The van der Waals surface area contributed by atoms with Gasteiger partial charge in [0.25, 0.3) is 0 Å². The first-order chi connectivity index (χ1) is 17.8. The molecule has 0 aromatic heterocycles. The summed E-state index contributed by atoms with van der Waals surface area (Å²) in [6.45, 7) is 0. The Morgan fingerprint density at radius 1 is 0.649 bits per heavy atom. The van der Waals surface area contributed by atoms with Crippen molar-refractivity contribution in [2.45, 2.75) is 37.4 Å². The Kier molecular flexibility index (Phi) is 9.98. The molecule has 3 aromatic rings. The smallest absolute Gasteiger partial charge is 0.326 e. The number of carboxylic acid groups (broad SMARTS) is 1. The summed E-state index contributed by atoms with van der Waals surface area (Å²) in [4.78, 5) is 42.4. The van der Waals surface area contributed by atoms with Crippen LogP contribution in [0.5, 0.6) is 0 Å². The maximum absolute atomic E-state index is 13.8. The van der Waals surface area contributed by atoms with E-state index in [0.29, 0.717) is 6.42 Å². The lowest BCUT2D eigenvalue weighted by molar-refractivity contribution is -0.153. The second-order valence-corrected chi connectivity index (χ2v) is 9.18. The Labute approximate surface area is 218 Å². The molecule has 3 rings (SSSR count). The third-order valence-corrected chi connectivity index (χ3v) is 6.67. The minimum absolute atomic E-state index is 0.168. The van der Waals surface area contributed by atoms with E-state index in [0.717, 1.165) is 16.7 Å². The highest BCUT2D eigenvalue weighted by Gasteiger charge is 2.36. The first kappa shape index (κ1) is 27.6. The summed E-state index contributed by atoms with van der Waals surface area (Å²) in [5, 5.41) is 13.1. The van der Waals surface area contributed by atoms with E-state index in [2.05, 4.69) is 5.32 Å². The Balaban J connectivity index is 1.87. The van der Waals surface area contributed by atoms with Gasteiger partial charge in [0, 0.05) is 26.9 Å². The molecule has 0 radical (unpaired) electrons. The minimum atomic E-state index is -1.09. The van der Waals surface area contributed by atoms with E-state index >= 15 is 0 Å². The highest BCUT2D eigenvalue weighted by Crippen LogP contribution is 2.17. The molecular weight excluding hydrogens is 466 g/mol. The van der Waals surface area contributed by atoms with Crippen LogP contribution in [0.3, 0.4) is 0 Å². The molecule has 0 fully saturated rings. The summed E-state index contributed by atoms with van der Waals surface area (Å²) in [7, 11) is 4.84. The Hall–Kier alpha value is -3.97. The summed E-state index contributed by atoms with van der Waals surface area (Å²) in [5.74, 6) is -1.74. The van der Waals surface area contributed by atoms with Gasteiger partial charge in [-0.2, -0.15) is 0 Å². The van der Waals surface area contributed by atoms with Crippen LogP contribution in [0.4, 0.5) is 0 Å². The zero-order chi connectivity index (χ0) is 26.8. The van der Waals surface area contributed by atoms with Crippen molar-refractivity contribution in [3.63, 3.8) is 0 Å². The third-order valence-electron chi connectivity index (χ3n) is 6.67. The lowest BCUT2D eigenvalue weighted by atomic mass is 9.99. The van der Waals surface area contributed by atoms with Gasteiger partial charge in [0.05, 0.1) is 6.04 Å². The maximum Gasteiger partial charge on any atom is 0.326 e. The van der Waals surface area contributed by atoms with Crippen LogP contribution >= 0.6 is 0 Å². The van der Waals surface area contributed by atoms with Gasteiger partial charge in [-0.3, -0.25) is 9.59 Å². The molecule has 0 aliphatic heterocycles. The number of benzene rings is 3. The first-order valence-electron chi connectivity index (χ1n) is 12.4. The van der Waals surface area contributed by atoms with Gasteiger partial charge in [0.15, 0.2) is 0 Å². The number of rotatable bonds is 12. The number of aliphatic carboxylic acids is 1. The second kappa shape index (κ2) is 13.4. The quantitative estimate of drug-likeness (QED) is 0.398. The van der Waals surface area contributed by atoms with Crippen LogP contribution in [0.25, 0.3) is 0 Å². The van der Waals surface area contributed by atoms with E-state index in [4.69, 9.17) is 0 Å². The fraction of sp³-hybridized carbons (Fsp3) is 0.300. The van der Waals surface area contributed by atoms with Gasteiger partial charge in [-0.25, -0.2) is 4.79 Å². The molecular formula is C30H35N3O4. The molecule has 7 nitrogen and oxygen atoms in total. The molecule has 0 heterocycles. The number of hydrogen-bond acceptors (Lipinski definition) is 4. The summed E-state index contributed by atoms with van der Waals surface area (Å²) < 4.78 is 0. The van der Waals surface area contributed by atoms with Gasteiger partial charge in [0.2, 0.25) is 11.8 Å². The number of nitrogens with zero attached hydrogens (tertiary/aromatic N) is 2. The van der Waals surface area contributed by atoms with Crippen molar-refractivity contribution < 1.29 is 19.5 Å². The van der Waals surface area contributed by atoms with Crippen LogP contribution in [0.2, 0.25) is 0 Å². The standard InChI is InChI=1S/C30H35N3O4/c1-31-25(19-22-13-7-4-8-14-22)28(34)32(2)26(20-23-15-9-5-10-16-23)29(35)33(3)27(30(36)37)21-24-17-11-6-12-18-24/h4-18,25-27,31H,19-21H2,1-3H3,(H,36,37)/t25-,26-,27-/m0/s1. The van der Waals surface area contributed by atoms with E-state index in [-0.39, 0.29) is 18.7 Å². The van der Waals surface area contributed by atoms with E-state index in [1.165, 1.54) is 16.8 Å². The van der Waals surface area contributed by atoms with Gasteiger partial charge in [-0.15, -0.1) is 0 Å². The largest absolute Gasteiger partial charge is 0.480 e. The summed E-state index contributed by atoms with van der Waals surface area (Å²) in [6.07, 6.45) is 0.904. The highest BCUT2D eigenvalue weighted by atomic mass is 16.4. The average molecular weight is 502 g/mol. The van der Waals surface area contributed by atoms with Gasteiger partial charge in [-0.1, -0.05) is 91.0 Å². The number of likely N-dealkylation sites (N-methyl/N-ethyl adjacent to an activating group) is 3. The van der Waals surface area contributed by atoms with Crippen LogP contribution in [-0.2, 0) is 33.6 Å². The summed E-state index contributed by atoms with van der Waals surface area (Å²) >= 11 is 0. The van der Waals surface area contributed by atoms with Gasteiger partial charge in [-0.05, 0) is 30.2 Å². The maximum atomic E-state index is 13.8. The average Bonchev–Trinajstić information content (AvgIpc) is 2.93. The van der Waals surface area contributed by atoms with Crippen molar-refractivity contribution in [3.8, 4) is 0 Å². The molecule has 0 saturated heterocycles. The fourth-order valence-corrected chi connectivity index (χ4v) is 4.41. The Morgan fingerprint density at radius 3 is 1.43 bits per heavy atom. The lowest BCUT2D eigenvalue weighted by Gasteiger charge is -2.35.